The average Bonchev–Trinajstić information content (AvgIpc) is 3.16. The smallest absolute Gasteiger partial charge is 0.253 e. The molecule has 2 aliphatic rings. The number of hydrogen-bond acceptors (Lipinski definition) is 5. The number of rotatable bonds is 3. The second-order valence-electron chi connectivity index (χ2n) is 7.20. The van der Waals surface area contributed by atoms with Gasteiger partial charge in [-0.2, -0.15) is 0 Å². The van der Waals surface area contributed by atoms with Crippen LogP contribution in [0.1, 0.15) is 28.3 Å². The molecule has 7 heteroatoms. The Hall–Kier alpha value is -2.38. The van der Waals surface area contributed by atoms with E-state index in [0.29, 0.717) is 29.9 Å². The van der Waals surface area contributed by atoms with Crippen molar-refractivity contribution in [2.75, 3.05) is 27.2 Å². The third-order valence-corrected chi connectivity index (χ3v) is 7.01. The zero-order chi connectivity index (χ0) is 19.2. The van der Waals surface area contributed by atoms with E-state index in [1.807, 2.05) is 6.07 Å². The number of nitrogens with zero attached hydrogens (tertiary/aromatic N) is 1. The fourth-order valence-electron chi connectivity index (χ4n) is 3.80. The first-order chi connectivity index (χ1) is 12.9. The fraction of sp³-hybridized carbons (Fsp3) is 0.350. The lowest BCUT2D eigenvalue weighted by Crippen LogP contribution is -2.35. The number of fused-ring (bicyclic) bond motifs is 3. The molecule has 0 spiro atoms. The molecule has 0 radical (unpaired) electrons. The van der Waals surface area contributed by atoms with Gasteiger partial charge in [0.25, 0.3) is 5.91 Å². The Morgan fingerprint density at radius 3 is 2.70 bits per heavy atom. The van der Waals surface area contributed by atoms with E-state index in [4.69, 9.17) is 4.74 Å². The zero-order valence-electron chi connectivity index (χ0n) is 15.3. The third-order valence-electron chi connectivity index (χ3n) is 5.26. The molecule has 27 heavy (non-hydrogen) atoms. The Morgan fingerprint density at radius 2 is 1.93 bits per heavy atom. The van der Waals surface area contributed by atoms with Gasteiger partial charge in [-0.05, 0) is 48.9 Å². The molecule has 6 nitrogen and oxygen atoms in total. The number of nitrogens with one attached hydrogen (secondary N) is 1. The molecular weight excluding hydrogens is 364 g/mol. The second-order valence-corrected chi connectivity index (χ2v) is 9.15. The van der Waals surface area contributed by atoms with Crippen molar-refractivity contribution >= 4 is 15.7 Å². The molecular formula is C20H22N2O4S. The van der Waals surface area contributed by atoms with Crippen molar-refractivity contribution in [1.82, 2.24) is 10.2 Å². The molecule has 0 saturated carbocycles. The van der Waals surface area contributed by atoms with E-state index in [1.165, 1.54) is 17.0 Å². The maximum absolute atomic E-state index is 13.1. The lowest BCUT2D eigenvalue weighted by molar-refractivity contribution is 0.0827. The number of benzene rings is 2. The molecule has 1 saturated heterocycles. The minimum atomic E-state index is -3.74. The van der Waals surface area contributed by atoms with E-state index in [2.05, 4.69) is 5.32 Å². The highest BCUT2D eigenvalue weighted by atomic mass is 32.2. The molecule has 4 rings (SSSR count). The van der Waals surface area contributed by atoms with Crippen molar-refractivity contribution in [1.29, 1.82) is 0 Å². The number of carbonyl (C=O) groups is 1. The Kier molecular flexibility index (Phi) is 4.44. The van der Waals surface area contributed by atoms with Gasteiger partial charge in [-0.3, -0.25) is 4.79 Å². The first-order valence-electron chi connectivity index (χ1n) is 8.95. The fourth-order valence-corrected chi connectivity index (χ4v) is 5.12. The Labute approximate surface area is 159 Å². The minimum Gasteiger partial charge on any atom is -0.492 e. The third kappa shape index (κ3) is 3.11. The summed E-state index contributed by atoms with van der Waals surface area (Å²) in [5.74, 6) is 0.772. The quantitative estimate of drug-likeness (QED) is 0.874. The van der Waals surface area contributed by atoms with Crippen LogP contribution in [-0.2, 0) is 9.84 Å². The molecule has 2 aromatic carbocycles. The van der Waals surface area contributed by atoms with Crippen molar-refractivity contribution < 1.29 is 17.9 Å². The van der Waals surface area contributed by atoms with Gasteiger partial charge in [0.05, 0.1) is 9.79 Å². The van der Waals surface area contributed by atoms with Crippen molar-refractivity contribution in [3.63, 3.8) is 0 Å². The second kappa shape index (κ2) is 6.65. The van der Waals surface area contributed by atoms with E-state index < -0.39 is 9.84 Å². The van der Waals surface area contributed by atoms with E-state index in [1.54, 1.807) is 38.4 Å². The first-order valence-corrected chi connectivity index (χ1v) is 10.4. The predicted octanol–water partition coefficient (Wildman–Crippen LogP) is 2.06. The van der Waals surface area contributed by atoms with Crippen molar-refractivity contribution in [3.05, 3.63) is 53.6 Å². The average molecular weight is 386 g/mol. The number of amides is 1. The lowest BCUT2D eigenvalue weighted by Gasteiger charge is -2.28. The van der Waals surface area contributed by atoms with Crippen LogP contribution in [0.4, 0.5) is 0 Å². The predicted molar refractivity (Wildman–Crippen MR) is 101 cm³/mol. The largest absolute Gasteiger partial charge is 0.492 e. The molecule has 142 valence electrons. The molecule has 0 aliphatic carbocycles. The summed E-state index contributed by atoms with van der Waals surface area (Å²) in [5.41, 5.74) is 1.40. The van der Waals surface area contributed by atoms with Crippen molar-refractivity contribution in [2.24, 2.45) is 0 Å². The standard InChI is InChI=1S/C20H22N2O4S/c1-22(2)20(23)13-4-3-5-14(10-13)27(24,25)15-6-7-17-16-8-9-21-18(16)12-26-19(17)11-15/h3-7,10-11,16,18,21H,8-9,12H2,1-2H3/t16-,18+/m1/s1. The zero-order valence-corrected chi connectivity index (χ0v) is 16.1. The minimum absolute atomic E-state index is 0.103. The van der Waals surface area contributed by atoms with Crippen LogP contribution in [0.15, 0.2) is 52.3 Å². The highest BCUT2D eigenvalue weighted by molar-refractivity contribution is 7.91. The van der Waals surface area contributed by atoms with Crippen molar-refractivity contribution in [3.8, 4) is 5.75 Å². The number of hydrogen-bond donors (Lipinski definition) is 1. The molecule has 1 amide bonds. The lowest BCUT2D eigenvalue weighted by atomic mass is 9.90. The molecule has 0 aromatic heterocycles. The topological polar surface area (TPSA) is 75.7 Å². The van der Waals surface area contributed by atoms with Gasteiger partial charge < -0.3 is 15.0 Å². The molecule has 2 heterocycles. The van der Waals surface area contributed by atoms with Crippen LogP contribution in [-0.4, -0.2) is 52.5 Å². The Bertz CT molecular complexity index is 1000. The van der Waals surface area contributed by atoms with Gasteiger partial charge in [0.15, 0.2) is 0 Å². The van der Waals surface area contributed by atoms with Gasteiger partial charge >= 0.3 is 0 Å². The van der Waals surface area contributed by atoms with Crippen LogP contribution < -0.4 is 10.1 Å². The summed E-state index contributed by atoms with van der Waals surface area (Å²) in [6.07, 6.45) is 1.03. The Balaban J connectivity index is 1.71. The van der Waals surface area contributed by atoms with Gasteiger partial charge in [0.1, 0.15) is 12.4 Å². The molecule has 0 bridgehead atoms. The van der Waals surface area contributed by atoms with Crippen molar-refractivity contribution in [2.45, 2.75) is 28.2 Å². The van der Waals surface area contributed by atoms with Crippen LogP contribution in [0, 0.1) is 0 Å². The van der Waals surface area contributed by atoms with E-state index in [9.17, 15) is 13.2 Å². The summed E-state index contributed by atoms with van der Waals surface area (Å²) in [6, 6.07) is 11.6. The summed E-state index contributed by atoms with van der Waals surface area (Å²) < 4.78 is 32.0. The summed E-state index contributed by atoms with van der Waals surface area (Å²) in [5, 5.41) is 3.42. The summed E-state index contributed by atoms with van der Waals surface area (Å²) in [6.45, 7) is 1.50. The Morgan fingerprint density at radius 1 is 1.15 bits per heavy atom. The molecule has 2 aliphatic heterocycles. The van der Waals surface area contributed by atoms with E-state index in [-0.39, 0.29) is 15.7 Å². The molecule has 0 unspecified atom stereocenters. The normalized spacial score (nSPS) is 21.1. The van der Waals surface area contributed by atoms with Crippen LogP contribution in [0.3, 0.4) is 0 Å². The molecule has 2 aromatic rings. The maximum atomic E-state index is 13.1. The van der Waals surface area contributed by atoms with Gasteiger partial charge in [-0.15, -0.1) is 0 Å². The SMILES string of the molecule is CN(C)C(=O)c1cccc(S(=O)(=O)c2ccc3c(c2)OC[C@@H]2NCC[C@H]32)c1. The molecule has 1 fully saturated rings. The van der Waals surface area contributed by atoms with E-state index in [0.717, 1.165) is 18.5 Å². The maximum Gasteiger partial charge on any atom is 0.253 e. The summed E-state index contributed by atoms with van der Waals surface area (Å²) in [7, 11) is -0.474. The molecule has 1 N–H and O–H groups in total. The van der Waals surface area contributed by atoms with Gasteiger partial charge in [0.2, 0.25) is 9.84 Å². The monoisotopic (exact) mass is 386 g/mol. The van der Waals surface area contributed by atoms with Crippen LogP contribution in [0.25, 0.3) is 0 Å². The number of carbonyl (C=O) groups excluding carboxylic acids is 1. The van der Waals surface area contributed by atoms with Crippen LogP contribution in [0.5, 0.6) is 5.75 Å². The van der Waals surface area contributed by atoms with Gasteiger partial charge in [-0.1, -0.05) is 12.1 Å². The van der Waals surface area contributed by atoms with Crippen LogP contribution >= 0.6 is 0 Å². The number of ether oxygens (including phenoxy) is 1. The van der Waals surface area contributed by atoms with Crippen LogP contribution in [0.2, 0.25) is 0 Å². The van der Waals surface area contributed by atoms with Gasteiger partial charge in [-0.25, -0.2) is 8.42 Å². The molecule has 2 atom stereocenters. The highest BCUT2D eigenvalue weighted by Crippen LogP contribution is 2.40. The highest BCUT2D eigenvalue weighted by Gasteiger charge is 2.35. The summed E-state index contributed by atoms with van der Waals surface area (Å²) in [4.78, 5) is 13.9. The first kappa shape index (κ1) is 18.0. The van der Waals surface area contributed by atoms with Gasteiger partial charge in [0, 0.05) is 31.6 Å². The summed E-state index contributed by atoms with van der Waals surface area (Å²) >= 11 is 0. The van der Waals surface area contributed by atoms with E-state index >= 15 is 0 Å². The number of sulfone groups is 1.